The summed E-state index contributed by atoms with van der Waals surface area (Å²) in [5.74, 6) is 0.661. The molecule has 1 aromatic heterocycles. The van der Waals surface area contributed by atoms with E-state index >= 15 is 0 Å². The van der Waals surface area contributed by atoms with E-state index in [2.05, 4.69) is 15.2 Å². The van der Waals surface area contributed by atoms with Crippen LogP contribution in [0.5, 0.6) is 0 Å². The molecule has 1 aliphatic rings. The van der Waals surface area contributed by atoms with Crippen LogP contribution >= 0.6 is 11.6 Å². The Balaban J connectivity index is 1.65. The summed E-state index contributed by atoms with van der Waals surface area (Å²) in [5.41, 5.74) is 0.877. The van der Waals surface area contributed by atoms with Crippen molar-refractivity contribution < 1.29 is 18.3 Å². The van der Waals surface area contributed by atoms with E-state index in [1.165, 1.54) is 4.31 Å². The minimum absolute atomic E-state index is 0.00402. The van der Waals surface area contributed by atoms with Crippen LogP contribution in [0.2, 0.25) is 5.02 Å². The largest absolute Gasteiger partial charge is 0.388 e. The molecule has 1 aromatic carbocycles. The van der Waals surface area contributed by atoms with Crippen molar-refractivity contribution in [3.05, 3.63) is 46.5 Å². The third-order valence-corrected chi connectivity index (χ3v) is 6.02. The Kier molecular flexibility index (Phi) is 5.70. The van der Waals surface area contributed by atoms with Crippen LogP contribution < -0.4 is 0 Å². The lowest BCUT2D eigenvalue weighted by Gasteiger charge is -2.30. The van der Waals surface area contributed by atoms with Gasteiger partial charge in [0.05, 0.1) is 12.4 Å². The fourth-order valence-electron chi connectivity index (χ4n) is 2.63. The predicted molar refractivity (Wildman–Crippen MR) is 91.5 cm³/mol. The molecule has 0 spiro atoms. The SMILES string of the molecule is O=S(=O)(CCc1cccc(Cl)c1)N1CCOC(c2n[nH]c(CO)n2)C1. The number of aromatic nitrogens is 3. The Labute approximate surface area is 150 Å². The molecule has 1 aliphatic heterocycles. The van der Waals surface area contributed by atoms with Crippen LogP contribution in [0.25, 0.3) is 0 Å². The van der Waals surface area contributed by atoms with E-state index in [1.807, 2.05) is 6.07 Å². The van der Waals surface area contributed by atoms with E-state index in [1.54, 1.807) is 18.2 Å². The van der Waals surface area contributed by atoms with E-state index in [9.17, 15) is 8.42 Å². The van der Waals surface area contributed by atoms with Crippen LogP contribution in [0.4, 0.5) is 0 Å². The second-order valence-electron chi connectivity index (χ2n) is 5.71. The fourth-order valence-corrected chi connectivity index (χ4v) is 4.31. The molecular weight excluding hydrogens is 368 g/mol. The van der Waals surface area contributed by atoms with E-state index in [0.717, 1.165) is 5.56 Å². The smallest absolute Gasteiger partial charge is 0.214 e. The first-order valence-electron chi connectivity index (χ1n) is 7.84. The van der Waals surface area contributed by atoms with Gasteiger partial charge in [0.25, 0.3) is 0 Å². The molecule has 3 rings (SSSR count). The Hall–Kier alpha value is -1.52. The number of hydrogen-bond donors (Lipinski definition) is 2. The Morgan fingerprint density at radius 2 is 2.28 bits per heavy atom. The average molecular weight is 387 g/mol. The van der Waals surface area contributed by atoms with Gasteiger partial charge in [0, 0.05) is 18.1 Å². The van der Waals surface area contributed by atoms with E-state index < -0.39 is 16.1 Å². The number of sulfonamides is 1. The maximum Gasteiger partial charge on any atom is 0.214 e. The molecular formula is C15H19ClN4O4S. The molecule has 2 N–H and O–H groups in total. The number of nitrogens with one attached hydrogen (secondary N) is 1. The molecule has 8 nitrogen and oxygen atoms in total. The number of aliphatic hydroxyl groups is 1. The number of aliphatic hydroxyl groups excluding tert-OH is 1. The topological polar surface area (TPSA) is 108 Å². The predicted octanol–water partition coefficient (Wildman–Crippen LogP) is 0.896. The molecule has 2 heterocycles. The van der Waals surface area contributed by atoms with Gasteiger partial charge in [0.1, 0.15) is 18.5 Å². The quantitative estimate of drug-likeness (QED) is 0.763. The average Bonchev–Trinajstić information content (AvgIpc) is 3.10. The van der Waals surface area contributed by atoms with E-state index in [-0.39, 0.29) is 25.5 Å². The Morgan fingerprint density at radius 3 is 3.00 bits per heavy atom. The van der Waals surface area contributed by atoms with Crippen molar-refractivity contribution in [2.24, 2.45) is 0 Å². The van der Waals surface area contributed by atoms with Crippen molar-refractivity contribution in [1.82, 2.24) is 19.5 Å². The van der Waals surface area contributed by atoms with Crippen LogP contribution in [0.1, 0.15) is 23.3 Å². The first kappa shape index (κ1) is 18.3. The number of benzene rings is 1. The molecule has 0 amide bonds. The molecule has 0 aliphatic carbocycles. The summed E-state index contributed by atoms with van der Waals surface area (Å²) in [6, 6.07) is 7.18. The highest BCUT2D eigenvalue weighted by molar-refractivity contribution is 7.89. The minimum Gasteiger partial charge on any atom is -0.388 e. The number of halogens is 1. The van der Waals surface area contributed by atoms with Crippen LogP contribution in [0, 0.1) is 0 Å². The van der Waals surface area contributed by atoms with Gasteiger partial charge < -0.3 is 9.84 Å². The third-order valence-electron chi connectivity index (χ3n) is 3.95. The minimum atomic E-state index is -3.44. The summed E-state index contributed by atoms with van der Waals surface area (Å²) in [6.45, 7) is 0.456. The molecule has 0 bridgehead atoms. The Bertz CT molecular complexity index is 826. The van der Waals surface area contributed by atoms with Crippen molar-refractivity contribution in [2.45, 2.75) is 19.1 Å². The van der Waals surface area contributed by atoms with Crippen molar-refractivity contribution >= 4 is 21.6 Å². The number of hydrogen-bond acceptors (Lipinski definition) is 6. The summed E-state index contributed by atoms with van der Waals surface area (Å²) in [4.78, 5) is 4.09. The van der Waals surface area contributed by atoms with Crippen LogP contribution in [0.3, 0.4) is 0 Å². The summed E-state index contributed by atoms with van der Waals surface area (Å²) >= 11 is 5.93. The highest BCUT2D eigenvalue weighted by Crippen LogP contribution is 2.22. The second-order valence-corrected chi connectivity index (χ2v) is 8.24. The molecule has 2 aromatic rings. The van der Waals surface area contributed by atoms with Crippen LogP contribution in [-0.2, 0) is 27.8 Å². The van der Waals surface area contributed by atoms with Crippen LogP contribution in [-0.4, -0.2) is 58.5 Å². The maximum atomic E-state index is 12.6. The zero-order chi connectivity index (χ0) is 17.9. The van der Waals surface area contributed by atoms with Gasteiger partial charge in [0.2, 0.25) is 10.0 Å². The number of morpholine rings is 1. The fraction of sp³-hybridized carbons (Fsp3) is 0.467. The first-order valence-corrected chi connectivity index (χ1v) is 9.82. The lowest BCUT2D eigenvalue weighted by atomic mass is 10.2. The monoisotopic (exact) mass is 386 g/mol. The van der Waals surface area contributed by atoms with E-state index in [0.29, 0.717) is 29.6 Å². The van der Waals surface area contributed by atoms with Gasteiger partial charge in [0.15, 0.2) is 5.82 Å². The number of rotatable bonds is 6. The van der Waals surface area contributed by atoms with Crippen molar-refractivity contribution in [1.29, 1.82) is 0 Å². The zero-order valence-electron chi connectivity index (χ0n) is 13.4. The Morgan fingerprint density at radius 1 is 1.44 bits per heavy atom. The molecule has 25 heavy (non-hydrogen) atoms. The van der Waals surface area contributed by atoms with Gasteiger partial charge in [-0.15, -0.1) is 0 Å². The summed E-state index contributed by atoms with van der Waals surface area (Å²) in [6.07, 6.45) is -0.161. The lowest BCUT2D eigenvalue weighted by Crippen LogP contribution is -2.43. The highest BCUT2D eigenvalue weighted by atomic mass is 35.5. The summed E-state index contributed by atoms with van der Waals surface area (Å²) in [5, 5.41) is 16.2. The van der Waals surface area contributed by atoms with Gasteiger partial charge in [-0.3, -0.25) is 5.10 Å². The standard InChI is InChI=1S/C15H19ClN4O4S/c16-12-3-1-2-11(8-12)4-7-25(22,23)20-5-6-24-13(9-20)15-17-14(10-21)18-19-15/h1-3,8,13,21H,4-7,9-10H2,(H,17,18,19). The van der Waals surface area contributed by atoms with Gasteiger partial charge in [-0.2, -0.15) is 9.40 Å². The number of H-pyrrole nitrogens is 1. The molecule has 1 saturated heterocycles. The highest BCUT2D eigenvalue weighted by Gasteiger charge is 2.32. The maximum absolute atomic E-state index is 12.6. The molecule has 0 radical (unpaired) electrons. The second kappa shape index (κ2) is 7.79. The number of aromatic amines is 1. The molecule has 10 heteroatoms. The third kappa shape index (κ3) is 4.56. The van der Waals surface area contributed by atoms with Gasteiger partial charge in [-0.25, -0.2) is 13.4 Å². The van der Waals surface area contributed by atoms with Crippen molar-refractivity contribution in [2.75, 3.05) is 25.4 Å². The van der Waals surface area contributed by atoms with Crippen molar-refractivity contribution in [3.8, 4) is 0 Å². The van der Waals surface area contributed by atoms with Crippen LogP contribution in [0.15, 0.2) is 24.3 Å². The first-order chi connectivity index (χ1) is 12.0. The normalized spacial score (nSPS) is 19.2. The van der Waals surface area contributed by atoms with Gasteiger partial charge in [-0.1, -0.05) is 23.7 Å². The molecule has 1 unspecified atom stereocenters. The number of aryl methyl sites for hydroxylation is 1. The van der Waals surface area contributed by atoms with Crippen molar-refractivity contribution in [3.63, 3.8) is 0 Å². The summed E-state index contributed by atoms with van der Waals surface area (Å²) < 4.78 is 32.2. The lowest BCUT2D eigenvalue weighted by molar-refractivity contribution is -0.00737. The van der Waals surface area contributed by atoms with E-state index in [4.69, 9.17) is 21.4 Å². The summed E-state index contributed by atoms with van der Waals surface area (Å²) in [7, 11) is -3.44. The zero-order valence-corrected chi connectivity index (χ0v) is 15.0. The molecule has 1 atom stereocenters. The molecule has 0 saturated carbocycles. The van der Waals surface area contributed by atoms with Gasteiger partial charge >= 0.3 is 0 Å². The van der Waals surface area contributed by atoms with Gasteiger partial charge in [-0.05, 0) is 24.1 Å². The molecule has 136 valence electrons. The number of nitrogens with zero attached hydrogens (tertiary/aromatic N) is 3. The number of ether oxygens (including phenoxy) is 1. The molecule has 1 fully saturated rings.